The van der Waals surface area contributed by atoms with E-state index in [9.17, 15) is 5.11 Å². The third-order valence-electron chi connectivity index (χ3n) is 2.02. The summed E-state index contributed by atoms with van der Waals surface area (Å²) in [5.41, 5.74) is -0.508. The van der Waals surface area contributed by atoms with Crippen molar-refractivity contribution < 1.29 is 9.84 Å². The summed E-state index contributed by atoms with van der Waals surface area (Å²) in [5, 5.41) is 17.5. The van der Waals surface area contributed by atoms with Gasteiger partial charge in [-0.25, -0.2) is 4.68 Å². The van der Waals surface area contributed by atoms with Gasteiger partial charge in [0.2, 0.25) is 0 Å². The molecule has 16 heavy (non-hydrogen) atoms. The minimum atomic E-state index is -0.941. The molecule has 0 spiro atoms. The number of aromatic nitrogens is 3. The first kappa shape index (κ1) is 13.1. The maximum Gasteiger partial charge on any atom is 0.114 e. The summed E-state index contributed by atoms with van der Waals surface area (Å²) in [4.78, 5) is 0. The Hall–Kier alpha value is -0.940. The third kappa shape index (κ3) is 4.28. The Morgan fingerprint density at radius 1 is 1.31 bits per heavy atom. The van der Waals surface area contributed by atoms with Gasteiger partial charge in [-0.2, -0.15) is 0 Å². The fourth-order valence-electron chi connectivity index (χ4n) is 1.13. The normalized spacial score (nSPS) is 13.1. The minimum absolute atomic E-state index is 0.139. The molecule has 92 valence electrons. The fraction of sp³-hybridized carbons (Fsp3) is 0.818. The van der Waals surface area contributed by atoms with Crippen LogP contribution in [0.15, 0.2) is 6.20 Å². The molecule has 5 heteroatoms. The summed E-state index contributed by atoms with van der Waals surface area (Å²) in [7, 11) is 0. The van der Waals surface area contributed by atoms with Crippen molar-refractivity contribution in [3.63, 3.8) is 0 Å². The van der Waals surface area contributed by atoms with Crippen molar-refractivity contribution in [3.05, 3.63) is 11.9 Å². The van der Waals surface area contributed by atoms with Crippen LogP contribution in [0.1, 0.15) is 40.3 Å². The smallest absolute Gasteiger partial charge is 0.114 e. The van der Waals surface area contributed by atoms with Crippen LogP contribution < -0.4 is 0 Å². The van der Waals surface area contributed by atoms with Crippen molar-refractivity contribution in [2.75, 3.05) is 6.61 Å². The first-order valence-electron chi connectivity index (χ1n) is 5.45. The molecule has 0 aromatic carbocycles. The van der Waals surface area contributed by atoms with Crippen LogP contribution >= 0.6 is 0 Å². The highest BCUT2D eigenvalue weighted by Crippen LogP contribution is 2.15. The standard InChI is InChI=1S/C11H21N3O2/c1-10(2,3)16-7-6-14-8-9(12-13-14)11(4,5)15/h8,15H,6-7H2,1-5H3. The van der Waals surface area contributed by atoms with Gasteiger partial charge in [0.05, 0.1) is 24.9 Å². The van der Waals surface area contributed by atoms with E-state index in [1.807, 2.05) is 20.8 Å². The van der Waals surface area contributed by atoms with Crippen LogP contribution in [0.25, 0.3) is 0 Å². The molecule has 0 unspecified atom stereocenters. The van der Waals surface area contributed by atoms with Crippen LogP contribution in [0.4, 0.5) is 0 Å². The molecule has 0 aliphatic rings. The number of ether oxygens (including phenoxy) is 1. The summed E-state index contributed by atoms with van der Waals surface area (Å²) in [5.74, 6) is 0. The van der Waals surface area contributed by atoms with Gasteiger partial charge in [-0.1, -0.05) is 5.21 Å². The number of hydrogen-bond acceptors (Lipinski definition) is 4. The molecule has 0 saturated heterocycles. The van der Waals surface area contributed by atoms with Crippen LogP contribution in [-0.4, -0.2) is 32.3 Å². The second-order valence-electron chi connectivity index (χ2n) is 5.39. The Morgan fingerprint density at radius 3 is 2.38 bits per heavy atom. The lowest BCUT2D eigenvalue weighted by molar-refractivity contribution is -0.00809. The van der Waals surface area contributed by atoms with Gasteiger partial charge in [0.1, 0.15) is 11.3 Å². The van der Waals surface area contributed by atoms with Crippen molar-refractivity contribution in [2.24, 2.45) is 0 Å². The molecule has 1 aromatic rings. The average Bonchev–Trinajstić information content (AvgIpc) is 2.49. The van der Waals surface area contributed by atoms with Gasteiger partial charge in [0.25, 0.3) is 0 Å². The Bertz CT molecular complexity index is 334. The molecule has 0 aliphatic carbocycles. The Balaban J connectivity index is 2.48. The molecular weight excluding hydrogens is 206 g/mol. The van der Waals surface area contributed by atoms with Crippen LogP contribution in [0.2, 0.25) is 0 Å². The zero-order valence-electron chi connectivity index (χ0n) is 10.7. The van der Waals surface area contributed by atoms with Gasteiger partial charge in [-0.05, 0) is 34.6 Å². The maximum atomic E-state index is 9.71. The molecular formula is C11H21N3O2. The molecule has 0 radical (unpaired) electrons. The highest BCUT2D eigenvalue weighted by Gasteiger charge is 2.20. The zero-order valence-corrected chi connectivity index (χ0v) is 10.7. The van der Waals surface area contributed by atoms with Crippen molar-refractivity contribution >= 4 is 0 Å². The van der Waals surface area contributed by atoms with Gasteiger partial charge in [-0.15, -0.1) is 5.10 Å². The predicted octanol–water partition coefficient (Wildman–Crippen LogP) is 1.32. The summed E-state index contributed by atoms with van der Waals surface area (Å²) in [6.07, 6.45) is 1.74. The molecule has 1 N–H and O–H groups in total. The van der Waals surface area contributed by atoms with E-state index in [4.69, 9.17) is 4.74 Å². The Kier molecular flexibility index (Phi) is 3.70. The second-order valence-corrected chi connectivity index (χ2v) is 5.39. The van der Waals surface area contributed by atoms with E-state index in [2.05, 4.69) is 10.3 Å². The minimum Gasteiger partial charge on any atom is -0.384 e. The fourth-order valence-corrected chi connectivity index (χ4v) is 1.13. The average molecular weight is 227 g/mol. The Morgan fingerprint density at radius 2 is 1.94 bits per heavy atom. The number of rotatable bonds is 4. The molecule has 0 amide bonds. The van der Waals surface area contributed by atoms with E-state index >= 15 is 0 Å². The van der Waals surface area contributed by atoms with Gasteiger partial charge >= 0.3 is 0 Å². The van der Waals surface area contributed by atoms with E-state index in [1.165, 1.54) is 0 Å². The summed E-state index contributed by atoms with van der Waals surface area (Å²) in [6.45, 7) is 10.6. The molecule has 0 bridgehead atoms. The number of hydrogen-bond donors (Lipinski definition) is 1. The zero-order chi connectivity index (χ0) is 12.4. The highest BCUT2D eigenvalue weighted by molar-refractivity contribution is 5.02. The quantitative estimate of drug-likeness (QED) is 0.842. The largest absolute Gasteiger partial charge is 0.384 e. The molecule has 1 heterocycles. The van der Waals surface area contributed by atoms with Crippen LogP contribution in [0, 0.1) is 0 Å². The van der Waals surface area contributed by atoms with Gasteiger partial charge in [-0.3, -0.25) is 0 Å². The Labute approximate surface area is 96.4 Å². The van der Waals surface area contributed by atoms with Crippen molar-refractivity contribution in [1.82, 2.24) is 15.0 Å². The van der Waals surface area contributed by atoms with Crippen molar-refractivity contribution in [1.29, 1.82) is 0 Å². The molecule has 0 aliphatic heterocycles. The first-order valence-corrected chi connectivity index (χ1v) is 5.45. The molecule has 0 atom stereocenters. The SMILES string of the molecule is CC(C)(C)OCCn1cc(C(C)(C)O)nn1. The van der Waals surface area contributed by atoms with Crippen LogP contribution in [-0.2, 0) is 16.9 Å². The molecule has 1 rings (SSSR count). The molecule has 0 fully saturated rings. The van der Waals surface area contributed by atoms with E-state index in [-0.39, 0.29) is 5.60 Å². The highest BCUT2D eigenvalue weighted by atomic mass is 16.5. The topological polar surface area (TPSA) is 60.2 Å². The first-order chi connectivity index (χ1) is 7.18. The molecule has 1 aromatic heterocycles. The van der Waals surface area contributed by atoms with Gasteiger partial charge in [0.15, 0.2) is 0 Å². The number of aliphatic hydroxyl groups is 1. The third-order valence-corrected chi connectivity index (χ3v) is 2.02. The van der Waals surface area contributed by atoms with Gasteiger partial charge < -0.3 is 9.84 Å². The lowest BCUT2D eigenvalue weighted by Crippen LogP contribution is -2.22. The summed E-state index contributed by atoms with van der Waals surface area (Å²) in [6, 6.07) is 0. The number of nitrogens with zero attached hydrogens (tertiary/aromatic N) is 3. The molecule has 0 saturated carbocycles. The lowest BCUT2D eigenvalue weighted by atomic mass is 10.1. The van der Waals surface area contributed by atoms with Crippen LogP contribution in [0.3, 0.4) is 0 Å². The van der Waals surface area contributed by atoms with E-state index < -0.39 is 5.60 Å². The van der Waals surface area contributed by atoms with Crippen molar-refractivity contribution in [2.45, 2.75) is 52.4 Å². The van der Waals surface area contributed by atoms with Gasteiger partial charge in [0, 0.05) is 0 Å². The monoisotopic (exact) mass is 227 g/mol. The second kappa shape index (κ2) is 4.51. The van der Waals surface area contributed by atoms with E-state index in [0.717, 1.165) is 0 Å². The maximum absolute atomic E-state index is 9.71. The summed E-state index contributed by atoms with van der Waals surface area (Å²) >= 11 is 0. The van der Waals surface area contributed by atoms with E-state index in [1.54, 1.807) is 24.7 Å². The predicted molar refractivity (Wildman–Crippen MR) is 61.0 cm³/mol. The summed E-state index contributed by atoms with van der Waals surface area (Å²) < 4.78 is 7.26. The van der Waals surface area contributed by atoms with Crippen LogP contribution in [0.5, 0.6) is 0 Å². The van der Waals surface area contributed by atoms with E-state index in [0.29, 0.717) is 18.8 Å². The van der Waals surface area contributed by atoms with Crippen molar-refractivity contribution in [3.8, 4) is 0 Å². The lowest BCUT2D eigenvalue weighted by Gasteiger charge is -2.19. The molecule has 5 nitrogen and oxygen atoms in total.